The minimum absolute atomic E-state index is 0.211. The van der Waals surface area contributed by atoms with E-state index < -0.39 is 0 Å². The molecule has 1 aromatic heterocycles. The Bertz CT molecular complexity index is 954. The van der Waals surface area contributed by atoms with Crippen molar-refractivity contribution in [2.24, 2.45) is 0 Å². The van der Waals surface area contributed by atoms with Gasteiger partial charge in [0.05, 0.1) is 23.6 Å². The third-order valence-corrected chi connectivity index (χ3v) is 4.00. The number of carbonyl (C=O) groups is 1. The predicted octanol–water partition coefficient (Wildman–Crippen LogP) is 4.89. The highest BCUT2D eigenvalue weighted by atomic mass is 16.5. The molecule has 1 N–H and O–H groups in total. The highest BCUT2D eigenvalue weighted by Crippen LogP contribution is 2.25. The van der Waals surface area contributed by atoms with Crippen molar-refractivity contribution in [1.29, 1.82) is 0 Å². The molecule has 27 heavy (non-hydrogen) atoms. The van der Waals surface area contributed by atoms with Crippen LogP contribution in [0, 0.1) is 13.8 Å². The van der Waals surface area contributed by atoms with Crippen LogP contribution in [0.2, 0.25) is 0 Å². The van der Waals surface area contributed by atoms with Crippen LogP contribution in [0.15, 0.2) is 60.7 Å². The van der Waals surface area contributed by atoms with Gasteiger partial charge in [0.2, 0.25) is 0 Å². The van der Waals surface area contributed by atoms with E-state index in [0.29, 0.717) is 29.3 Å². The van der Waals surface area contributed by atoms with Gasteiger partial charge in [0, 0.05) is 18.9 Å². The van der Waals surface area contributed by atoms with E-state index in [4.69, 9.17) is 9.47 Å². The molecule has 0 aliphatic heterocycles. The Morgan fingerprint density at radius 3 is 2.44 bits per heavy atom. The number of hydrogen-bond donors (Lipinski definition) is 1. The number of carbonyl (C=O) groups excluding carboxylic acids is 1. The van der Waals surface area contributed by atoms with E-state index in [1.807, 2.05) is 56.3 Å². The van der Waals surface area contributed by atoms with Gasteiger partial charge in [0.25, 0.3) is 5.91 Å². The fourth-order valence-electron chi connectivity index (χ4n) is 2.73. The molecule has 1 heterocycles. The summed E-state index contributed by atoms with van der Waals surface area (Å²) < 4.78 is 10.9. The second-order valence-electron chi connectivity index (χ2n) is 6.27. The number of amides is 1. The van der Waals surface area contributed by atoms with Crippen LogP contribution >= 0.6 is 0 Å². The molecular weight excluding hydrogens is 340 g/mol. The van der Waals surface area contributed by atoms with Crippen molar-refractivity contribution in [3.8, 4) is 11.5 Å². The summed E-state index contributed by atoms with van der Waals surface area (Å²) in [6.07, 6.45) is 0. The first-order chi connectivity index (χ1) is 13.0. The largest absolute Gasteiger partial charge is 0.457 e. The standard InChI is InChI=1S/C22H22N2O3/c1-15-6-4-8-19(12-15)27-20-9-5-7-17(13-20)24-22(25)21-11-10-18(14-26-3)23-16(21)2/h4-13H,14H2,1-3H3,(H,24,25). The Balaban J connectivity index is 1.73. The van der Waals surface area contributed by atoms with Gasteiger partial charge in [-0.2, -0.15) is 0 Å². The maximum atomic E-state index is 12.6. The predicted molar refractivity (Wildman–Crippen MR) is 105 cm³/mol. The minimum atomic E-state index is -0.211. The molecule has 0 aliphatic carbocycles. The summed E-state index contributed by atoms with van der Waals surface area (Å²) in [6, 6.07) is 18.7. The van der Waals surface area contributed by atoms with Crippen molar-refractivity contribution < 1.29 is 14.3 Å². The summed E-state index contributed by atoms with van der Waals surface area (Å²) in [4.78, 5) is 17.0. The normalized spacial score (nSPS) is 10.5. The topological polar surface area (TPSA) is 60.5 Å². The highest BCUT2D eigenvalue weighted by molar-refractivity contribution is 6.05. The monoisotopic (exact) mass is 362 g/mol. The number of ether oxygens (including phenoxy) is 2. The molecule has 1 amide bonds. The van der Waals surface area contributed by atoms with E-state index in [1.165, 1.54) is 0 Å². The van der Waals surface area contributed by atoms with E-state index in [2.05, 4.69) is 10.3 Å². The molecule has 3 rings (SSSR count). The molecule has 0 saturated heterocycles. The summed E-state index contributed by atoms with van der Waals surface area (Å²) in [7, 11) is 1.61. The second-order valence-corrected chi connectivity index (χ2v) is 6.27. The van der Waals surface area contributed by atoms with E-state index in [-0.39, 0.29) is 5.91 Å². The fraction of sp³-hybridized carbons (Fsp3) is 0.182. The Morgan fingerprint density at radius 1 is 1.00 bits per heavy atom. The van der Waals surface area contributed by atoms with Crippen LogP contribution in [-0.2, 0) is 11.3 Å². The van der Waals surface area contributed by atoms with Crippen molar-refractivity contribution >= 4 is 11.6 Å². The number of nitrogens with one attached hydrogen (secondary N) is 1. The van der Waals surface area contributed by atoms with Crippen molar-refractivity contribution in [2.75, 3.05) is 12.4 Å². The molecule has 2 aromatic carbocycles. The SMILES string of the molecule is COCc1ccc(C(=O)Nc2cccc(Oc3cccc(C)c3)c2)c(C)n1. The Morgan fingerprint density at radius 2 is 1.74 bits per heavy atom. The average molecular weight is 362 g/mol. The zero-order valence-electron chi connectivity index (χ0n) is 15.7. The van der Waals surface area contributed by atoms with Crippen LogP contribution in [0.3, 0.4) is 0 Å². The smallest absolute Gasteiger partial charge is 0.257 e. The first kappa shape index (κ1) is 18.6. The van der Waals surface area contributed by atoms with Gasteiger partial charge in [0.15, 0.2) is 0 Å². The van der Waals surface area contributed by atoms with Crippen LogP contribution in [0.4, 0.5) is 5.69 Å². The van der Waals surface area contributed by atoms with E-state index >= 15 is 0 Å². The van der Waals surface area contributed by atoms with Crippen molar-refractivity contribution in [3.63, 3.8) is 0 Å². The molecule has 0 saturated carbocycles. The number of aromatic nitrogens is 1. The Hall–Kier alpha value is -3.18. The van der Waals surface area contributed by atoms with Crippen LogP contribution in [0.5, 0.6) is 11.5 Å². The number of benzene rings is 2. The zero-order chi connectivity index (χ0) is 19.2. The van der Waals surface area contributed by atoms with Gasteiger partial charge >= 0.3 is 0 Å². The van der Waals surface area contributed by atoms with E-state index in [9.17, 15) is 4.79 Å². The molecule has 0 spiro atoms. The zero-order valence-corrected chi connectivity index (χ0v) is 15.7. The van der Waals surface area contributed by atoms with Gasteiger partial charge in [-0.15, -0.1) is 0 Å². The number of nitrogens with zero attached hydrogens (tertiary/aromatic N) is 1. The molecule has 5 heteroatoms. The lowest BCUT2D eigenvalue weighted by Crippen LogP contribution is -2.14. The maximum absolute atomic E-state index is 12.6. The van der Waals surface area contributed by atoms with Gasteiger partial charge in [-0.25, -0.2) is 0 Å². The summed E-state index contributed by atoms with van der Waals surface area (Å²) in [5.41, 5.74) is 3.76. The number of methoxy groups -OCH3 is 1. The number of pyridine rings is 1. The first-order valence-corrected chi connectivity index (χ1v) is 8.66. The second kappa shape index (κ2) is 8.47. The number of rotatable bonds is 6. The summed E-state index contributed by atoms with van der Waals surface area (Å²) in [5, 5.41) is 2.90. The van der Waals surface area contributed by atoms with Crippen molar-refractivity contribution in [3.05, 3.63) is 83.2 Å². The van der Waals surface area contributed by atoms with Crippen molar-refractivity contribution in [2.45, 2.75) is 20.5 Å². The average Bonchev–Trinajstić information content (AvgIpc) is 2.62. The maximum Gasteiger partial charge on any atom is 0.257 e. The Kier molecular flexibility index (Phi) is 5.84. The molecule has 0 bridgehead atoms. The Labute approximate surface area is 159 Å². The lowest BCUT2D eigenvalue weighted by atomic mass is 10.1. The van der Waals surface area contributed by atoms with Gasteiger partial charge in [-0.05, 0) is 55.8 Å². The molecular formula is C22H22N2O3. The number of aryl methyl sites for hydroxylation is 2. The number of anilines is 1. The molecule has 0 fully saturated rings. The van der Waals surface area contributed by atoms with Gasteiger partial charge in [-0.3, -0.25) is 9.78 Å². The molecule has 0 atom stereocenters. The quantitative estimate of drug-likeness (QED) is 0.678. The minimum Gasteiger partial charge on any atom is -0.457 e. The molecule has 138 valence electrons. The van der Waals surface area contributed by atoms with Crippen LogP contribution in [0.25, 0.3) is 0 Å². The van der Waals surface area contributed by atoms with Crippen LogP contribution in [-0.4, -0.2) is 18.0 Å². The van der Waals surface area contributed by atoms with Crippen LogP contribution < -0.4 is 10.1 Å². The molecule has 3 aromatic rings. The van der Waals surface area contributed by atoms with E-state index in [0.717, 1.165) is 17.0 Å². The summed E-state index contributed by atoms with van der Waals surface area (Å²) in [6.45, 7) is 4.24. The van der Waals surface area contributed by atoms with E-state index in [1.54, 1.807) is 25.3 Å². The summed E-state index contributed by atoms with van der Waals surface area (Å²) >= 11 is 0. The molecule has 0 aliphatic rings. The molecule has 0 unspecified atom stereocenters. The number of hydrogen-bond acceptors (Lipinski definition) is 4. The third kappa shape index (κ3) is 4.92. The van der Waals surface area contributed by atoms with Gasteiger partial charge < -0.3 is 14.8 Å². The van der Waals surface area contributed by atoms with Crippen LogP contribution in [0.1, 0.15) is 27.3 Å². The highest BCUT2D eigenvalue weighted by Gasteiger charge is 2.11. The first-order valence-electron chi connectivity index (χ1n) is 8.66. The third-order valence-electron chi connectivity index (χ3n) is 4.00. The molecule has 0 radical (unpaired) electrons. The van der Waals surface area contributed by atoms with Crippen molar-refractivity contribution in [1.82, 2.24) is 4.98 Å². The van der Waals surface area contributed by atoms with Gasteiger partial charge in [-0.1, -0.05) is 18.2 Å². The lowest BCUT2D eigenvalue weighted by molar-refractivity contribution is 0.102. The van der Waals surface area contributed by atoms with Gasteiger partial charge in [0.1, 0.15) is 11.5 Å². The fourth-order valence-corrected chi connectivity index (χ4v) is 2.73. The summed E-state index contributed by atoms with van der Waals surface area (Å²) in [5.74, 6) is 1.20. The molecule has 5 nitrogen and oxygen atoms in total. The lowest BCUT2D eigenvalue weighted by Gasteiger charge is -2.11.